The molecule has 6 nitrogen and oxygen atoms in total. The van der Waals surface area contributed by atoms with Gasteiger partial charge < -0.3 is 29.0 Å². The molecule has 7 heteroatoms. The number of anilines is 1. The minimum absolute atomic E-state index is 0.232. The number of hydrogen-bond acceptors (Lipinski definition) is 6. The van der Waals surface area contributed by atoms with Gasteiger partial charge in [0.05, 0.1) is 45.1 Å². The highest BCUT2D eigenvalue weighted by molar-refractivity contribution is 14.1. The number of phenolic OH excluding ortho intramolecular Hbond substituents is 1. The van der Waals surface area contributed by atoms with Crippen molar-refractivity contribution >= 4 is 34.4 Å². The Morgan fingerprint density at radius 3 is 2.39 bits per heavy atom. The van der Waals surface area contributed by atoms with Crippen LogP contribution < -0.4 is 9.64 Å². The molecule has 0 radical (unpaired) electrons. The predicted octanol–water partition coefficient (Wildman–Crippen LogP) is 4.78. The topological polar surface area (TPSA) is 60.4 Å². The summed E-state index contributed by atoms with van der Waals surface area (Å²) in [6, 6.07) is 13.7. The lowest BCUT2D eigenvalue weighted by Crippen LogP contribution is -2.60. The Morgan fingerprint density at radius 2 is 1.64 bits per heavy atom. The van der Waals surface area contributed by atoms with Crippen molar-refractivity contribution in [2.45, 2.75) is 25.0 Å². The van der Waals surface area contributed by atoms with Gasteiger partial charge in [-0.2, -0.15) is 0 Å². The normalized spacial score (nSPS) is 20.0. The van der Waals surface area contributed by atoms with Crippen LogP contribution in [-0.4, -0.2) is 61.4 Å². The minimum atomic E-state index is -0.684. The van der Waals surface area contributed by atoms with E-state index in [4.69, 9.17) is 18.9 Å². The molecule has 1 unspecified atom stereocenters. The van der Waals surface area contributed by atoms with Crippen molar-refractivity contribution < 1.29 is 24.1 Å². The molecule has 2 heterocycles. The quantitative estimate of drug-likeness (QED) is 0.241. The highest BCUT2D eigenvalue weighted by atomic mass is 127. The van der Waals surface area contributed by atoms with Crippen LogP contribution >= 0.6 is 22.6 Å². The van der Waals surface area contributed by atoms with Gasteiger partial charge in [0.25, 0.3) is 0 Å². The Morgan fingerprint density at radius 1 is 0.939 bits per heavy atom. The second-order valence-corrected chi connectivity index (χ2v) is 9.75. The highest BCUT2D eigenvalue weighted by Crippen LogP contribution is 2.54. The molecule has 1 atom stereocenters. The van der Waals surface area contributed by atoms with E-state index in [-0.39, 0.29) is 11.2 Å². The fraction of sp³-hybridized carbons (Fsp3) is 0.462. The first kappa shape index (κ1) is 24.3. The Labute approximate surface area is 209 Å². The van der Waals surface area contributed by atoms with Crippen molar-refractivity contribution in [2.75, 3.05) is 55.5 Å². The summed E-state index contributed by atoms with van der Waals surface area (Å²) in [4.78, 5) is 2.30. The fourth-order valence-corrected chi connectivity index (χ4v) is 4.94. The van der Waals surface area contributed by atoms with Crippen LogP contribution in [0.15, 0.2) is 48.5 Å². The molecule has 0 saturated heterocycles. The van der Waals surface area contributed by atoms with Crippen LogP contribution in [-0.2, 0) is 19.6 Å². The van der Waals surface area contributed by atoms with Gasteiger partial charge in [0.2, 0.25) is 5.72 Å². The smallest absolute Gasteiger partial charge is 0.212 e. The van der Waals surface area contributed by atoms with Crippen molar-refractivity contribution in [3.63, 3.8) is 0 Å². The van der Waals surface area contributed by atoms with Crippen LogP contribution in [0.2, 0.25) is 0 Å². The number of phenols is 1. The largest absolute Gasteiger partial charge is 0.508 e. The van der Waals surface area contributed by atoms with Crippen molar-refractivity contribution in [1.29, 1.82) is 0 Å². The summed E-state index contributed by atoms with van der Waals surface area (Å²) in [5, 5.41) is 9.87. The van der Waals surface area contributed by atoms with E-state index < -0.39 is 5.72 Å². The van der Waals surface area contributed by atoms with E-state index in [1.807, 2.05) is 12.1 Å². The van der Waals surface area contributed by atoms with Gasteiger partial charge in [0.15, 0.2) is 0 Å². The first-order chi connectivity index (χ1) is 16.0. The third kappa shape index (κ3) is 4.87. The maximum absolute atomic E-state index is 9.87. The molecule has 0 aromatic heterocycles. The molecule has 178 valence electrons. The van der Waals surface area contributed by atoms with E-state index in [0.717, 1.165) is 28.0 Å². The summed E-state index contributed by atoms with van der Waals surface area (Å²) < 4.78 is 24.6. The molecule has 0 amide bonds. The third-order valence-electron chi connectivity index (χ3n) is 6.34. The van der Waals surface area contributed by atoms with Gasteiger partial charge in [-0.3, -0.25) is 0 Å². The van der Waals surface area contributed by atoms with Gasteiger partial charge in [0.1, 0.15) is 11.5 Å². The highest BCUT2D eigenvalue weighted by Gasteiger charge is 2.58. The lowest BCUT2D eigenvalue weighted by Gasteiger charge is -2.47. The van der Waals surface area contributed by atoms with Crippen LogP contribution in [0.4, 0.5) is 5.69 Å². The molecule has 0 bridgehead atoms. The van der Waals surface area contributed by atoms with E-state index in [2.05, 4.69) is 71.7 Å². The Balaban J connectivity index is 1.43. The van der Waals surface area contributed by atoms with Gasteiger partial charge in [-0.15, -0.1) is 0 Å². The van der Waals surface area contributed by atoms with E-state index in [0.29, 0.717) is 39.6 Å². The zero-order valence-corrected chi connectivity index (χ0v) is 21.4. The molecule has 4 rings (SSSR count). The first-order valence-corrected chi connectivity index (χ1v) is 12.9. The molecular weight excluding hydrogens is 533 g/mol. The summed E-state index contributed by atoms with van der Waals surface area (Å²) in [7, 11) is 0. The molecule has 2 aliphatic rings. The fourth-order valence-electron chi connectivity index (χ4n) is 4.63. The van der Waals surface area contributed by atoms with E-state index >= 15 is 0 Å². The lowest BCUT2D eigenvalue weighted by atomic mass is 9.76. The standard InChI is InChI=1S/C26H32INO5/c1-25(2)22-5-3-4-6-23(22)28(12-14-31-16-18-32-17-15-30-13-11-27)26(25)10-9-20-19-21(29)7-8-24(20)33-26/h3-10,19,29H,11-18H2,1-2H3. The summed E-state index contributed by atoms with van der Waals surface area (Å²) in [6.45, 7) is 8.73. The monoisotopic (exact) mass is 565 g/mol. The lowest BCUT2D eigenvalue weighted by molar-refractivity contribution is 0.0135. The van der Waals surface area contributed by atoms with Crippen LogP contribution in [0.5, 0.6) is 11.5 Å². The molecular formula is C26H32INO5. The molecule has 2 aromatic carbocycles. The van der Waals surface area contributed by atoms with Crippen molar-refractivity contribution in [1.82, 2.24) is 0 Å². The first-order valence-electron chi connectivity index (χ1n) is 11.4. The van der Waals surface area contributed by atoms with Gasteiger partial charge in [-0.25, -0.2) is 0 Å². The zero-order valence-electron chi connectivity index (χ0n) is 19.3. The summed E-state index contributed by atoms with van der Waals surface area (Å²) in [5.41, 5.74) is 2.30. The number of fused-ring (bicyclic) bond motifs is 2. The Hall–Kier alpha value is -1.81. The molecule has 1 N–H and O–H groups in total. The number of benzene rings is 2. The summed E-state index contributed by atoms with van der Waals surface area (Å²) in [5.74, 6) is 0.997. The number of hydrogen-bond donors (Lipinski definition) is 1. The minimum Gasteiger partial charge on any atom is -0.508 e. The van der Waals surface area contributed by atoms with E-state index in [9.17, 15) is 5.11 Å². The van der Waals surface area contributed by atoms with Gasteiger partial charge in [-0.05, 0) is 55.8 Å². The second-order valence-electron chi connectivity index (χ2n) is 8.67. The Bertz CT molecular complexity index is 979. The molecule has 1 spiro atoms. The van der Waals surface area contributed by atoms with Gasteiger partial charge in [-0.1, -0.05) is 40.8 Å². The molecule has 0 fully saturated rings. The SMILES string of the molecule is CC1(C)c2ccccc2N(CCOCCOCCOCCI)C12C=Cc1cc(O)ccc1O2. The van der Waals surface area contributed by atoms with Gasteiger partial charge in [0, 0.05) is 22.2 Å². The number of rotatable bonds is 11. The van der Waals surface area contributed by atoms with Crippen LogP contribution in [0.25, 0.3) is 6.08 Å². The number of alkyl halides is 1. The van der Waals surface area contributed by atoms with Crippen molar-refractivity contribution in [3.05, 3.63) is 59.7 Å². The average molecular weight is 565 g/mol. The maximum atomic E-state index is 9.87. The number of halogens is 1. The molecule has 0 aliphatic carbocycles. The maximum Gasteiger partial charge on any atom is 0.212 e. The molecule has 2 aliphatic heterocycles. The molecule has 0 saturated carbocycles. The van der Waals surface area contributed by atoms with Crippen molar-refractivity contribution in [3.8, 4) is 11.5 Å². The number of nitrogens with zero attached hydrogens (tertiary/aromatic N) is 1. The number of aromatic hydroxyl groups is 1. The van der Waals surface area contributed by atoms with Crippen LogP contribution in [0, 0.1) is 0 Å². The zero-order chi connectivity index (χ0) is 23.3. The molecule has 2 aromatic rings. The number of para-hydroxylation sites is 1. The van der Waals surface area contributed by atoms with Gasteiger partial charge >= 0.3 is 0 Å². The van der Waals surface area contributed by atoms with E-state index in [1.165, 1.54) is 5.56 Å². The third-order valence-corrected chi connectivity index (χ3v) is 6.78. The van der Waals surface area contributed by atoms with Crippen LogP contribution in [0.3, 0.4) is 0 Å². The summed E-state index contributed by atoms with van der Waals surface area (Å²) >= 11 is 2.29. The second kappa shape index (κ2) is 10.6. The van der Waals surface area contributed by atoms with Crippen LogP contribution in [0.1, 0.15) is 25.0 Å². The predicted molar refractivity (Wildman–Crippen MR) is 139 cm³/mol. The summed E-state index contributed by atoms with van der Waals surface area (Å²) in [6.07, 6.45) is 4.17. The molecule has 33 heavy (non-hydrogen) atoms. The van der Waals surface area contributed by atoms with E-state index in [1.54, 1.807) is 12.1 Å². The van der Waals surface area contributed by atoms with Crippen molar-refractivity contribution in [2.24, 2.45) is 0 Å². The Kier molecular flexibility index (Phi) is 7.83. The average Bonchev–Trinajstić information content (AvgIpc) is 2.99. The number of ether oxygens (including phenoxy) is 4.